The first-order chi connectivity index (χ1) is 15.3. The normalized spacial score (nSPS) is 11.5. The highest BCUT2D eigenvalue weighted by atomic mass is 32.1. The molecular weight excluding hydrogens is 414 g/mol. The third kappa shape index (κ3) is 3.04. The Balaban J connectivity index is 1.30. The Hall–Kier alpha value is -4.05. The van der Waals surface area contributed by atoms with Gasteiger partial charge in [-0.05, 0) is 36.4 Å². The van der Waals surface area contributed by atoms with E-state index in [1.165, 1.54) is 11.3 Å². The Labute approximate surface area is 179 Å². The molecule has 0 aliphatic carbocycles. The van der Waals surface area contributed by atoms with Gasteiger partial charge in [-0.1, -0.05) is 11.3 Å². The summed E-state index contributed by atoms with van der Waals surface area (Å²) in [6, 6.07) is 13.5. The second-order valence-electron chi connectivity index (χ2n) is 6.83. The molecule has 1 N–H and O–H groups in total. The van der Waals surface area contributed by atoms with Crippen molar-refractivity contribution in [1.82, 2.24) is 34.8 Å². The second kappa shape index (κ2) is 7.03. The van der Waals surface area contributed by atoms with Gasteiger partial charge in [0.25, 0.3) is 0 Å². The topological polar surface area (TPSA) is 103 Å². The monoisotopic (exact) mass is 429 g/mol. The van der Waals surface area contributed by atoms with Gasteiger partial charge in [-0.25, -0.2) is 4.98 Å². The van der Waals surface area contributed by atoms with Crippen LogP contribution in [-0.4, -0.2) is 41.9 Å². The molecule has 0 saturated carbocycles. The van der Waals surface area contributed by atoms with Crippen molar-refractivity contribution in [2.24, 2.45) is 0 Å². The summed E-state index contributed by atoms with van der Waals surface area (Å²) in [5.74, 6) is 2.09. The van der Waals surface area contributed by atoms with E-state index in [9.17, 15) is 0 Å². The highest BCUT2D eigenvalue weighted by molar-refractivity contribution is 7.19. The zero-order valence-corrected chi connectivity index (χ0v) is 17.1. The first kappa shape index (κ1) is 17.8. The van der Waals surface area contributed by atoms with Gasteiger partial charge >= 0.3 is 0 Å². The molecule has 4 aromatic heterocycles. The lowest BCUT2D eigenvalue weighted by molar-refractivity contribution is 0.296. The van der Waals surface area contributed by atoms with Crippen molar-refractivity contribution in [3.8, 4) is 22.1 Å². The van der Waals surface area contributed by atoms with Crippen molar-refractivity contribution in [2.75, 3.05) is 7.11 Å². The summed E-state index contributed by atoms with van der Waals surface area (Å²) in [6.07, 6.45) is 3.39. The number of ether oxygens (including phenoxy) is 2. The summed E-state index contributed by atoms with van der Waals surface area (Å²) < 4.78 is 13.1. The van der Waals surface area contributed by atoms with Crippen LogP contribution < -0.4 is 9.47 Å². The van der Waals surface area contributed by atoms with E-state index in [2.05, 4.69) is 25.1 Å². The summed E-state index contributed by atoms with van der Waals surface area (Å²) in [5.41, 5.74) is 3.68. The van der Waals surface area contributed by atoms with Gasteiger partial charge in [0, 0.05) is 23.2 Å². The molecule has 6 rings (SSSR count). The summed E-state index contributed by atoms with van der Waals surface area (Å²) in [7, 11) is 1.63. The van der Waals surface area contributed by atoms with Gasteiger partial charge in [0.05, 0.1) is 30.0 Å². The summed E-state index contributed by atoms with van der Waals surface area (Å²) in [6.45, 7) is 0.231. The number of hydrogen-bond donors (Lipinski definition) is 1. The predicted molar refractivity (Wildman–Crippen MR) is 116 cm³/mol. The molecule has 0 radical (unpaired) electrons. The van der Waals surface area contributed by atoms with Crippen LogP contribution in [-0.2, 0) is 6.61 Å². The number of aromatic amines is 1. The van der Waals surface area contributed by atoms with Gasteiger partial charge in [-0.2, -0.15) is 9.61 Å². The van der Waals surface area contributed by atoms with E-state index in [0.29, 0.717) is 16.5 Å². The van der Waals surface area contributed by atoms with Crippen LogP contribution in [0.4, 0.5) is 0 Å². The van der Waals surface area contributed by atoms with Gasteiger partial charge in [0.15, 0.2) is 5.82 Å². The van der Waals surface area contributed by atoms with Crippen LogP contribution in [0.1, 0.15) is 5.82 Å². The molecule has 0 aliphatic rings. The molecule has 0 atom stereocenters. The minimum absolute atomic E-state index is 0.231. The van der Waals surface area contributed by atoms with E-state index in [1.54, 1.807) is 24.1 Å². The van der Waals surface area contributed by atoms with Crippen LogP contribution in [0.3, 0.4) is 0 Å². The van der Waals surface area contributed by atoms with E-state index in [4.69, 9.17) is 14.6 Å². The van der Waals surface area contributed by atoms with Crippen molar-refractivity contribution in [3.63, 3.8) is 0 Å². The Kier molecular flexibility index (Phi) is 4.03. The van der Waals surface area contributed by atoms with Crippen LogP contribution >= 0.6 is 11.3 Å². The minimum atomic E-state index is 0.231. The number of aromatic nitrogens is 7. The smallest absolute Gasteiger partial charge is 0.235 e. The van der Waals surface area contributed by atoms with E-state index < -0.39 is 0 Å². The molecule has 152 valence electrons. The fraction of sp³-hybridized carbons (Fsp3) is 0.0952. The number of nitrogens with zero attached hydrogens (tertiary/aromatic N) is 6. The summed E-state index contributed by atoms with van der Waals surface area (Å²) in [4.78, 5) is 12.5. The highest BCUT2D eigenvalue weighted by Gasteiger charge is 2.15. The second-order valence-corrected chi connectivity index (χ2v) is 7.79. The molecule has 10 heteroatoms. The molecule has 4 heterocycles. The van der Waals surface area contributed by atoms with Crippen LogP contribution in [0.2, 0.25) is 0 Å². The molecule has 0 fully saturated rings. The van der Waals surface area contributed by atoms with Crippen LogP contribution in [0.25, 0.3) is 37.5 Å². The quantitative estimate of drug-likeness (QED) is 0.444. The molecule has 2 aromatic carbocycles. The minimum Gasteiger partial charge on any atom is -0.497 e. The maximum Gasteiger partial charge on any atom is 0.235 e. The van der Waals surface area contributed by atoms with Crippen molar-refractivity contribution >= 4 is 38.2 Å². The maximum absolute atomic E-state index is 6.05. The van der Waals surface area contributed by atoms with E-state index in [0.717, 1.165) is 38.3 Å². The number of methoxy groups -OCH3 is 1. The first-order valence-corrected chi connectivity index (χ1v) is 10.3. The number of benzene rings is 2. The maximum atomic E-state index is 6.05. The summed E-state index contributed by atoms with van der Waals surface area (Å²) >= 11 is 1.48. The van der Waals surface area contributed by atoms with E-state index >= 15 is 0 Å². The molecule has 0 bridgehead atoms. The number of imidazole rings is 1. The third-order valence-electron chi connectivity index (χ3n) is 4.99. The molecule has 0 unspecified atom stereocenters. The largest absolute Gasteiger partial charge is 0.497 e. The molecule has 9 nitrogen and oxygen atoms in total. The fourth-order valence-corrected chi connectivity index (χ4v) is 4.28. The van der Waals surface area contributed by atoms with Crippen LogP contribution in [0, 0.1) is 0 Å². The highest BCUT2D eigenvalue weighted by Crippen LogP contribution is 2.29. The zero-order chi connectivity index (χ0) is 20.8. The van der Waals surface area contributed by atoms with Crippen molar-refractivity contribution in [1.29, 1.82) is 0 Å². The number of H-pyrrole nitrogens is 1. The number of rotatable bonds is 5. The SMILES string of the molecule is COc1ccc2c(OCc3nnc4sc(-c5ccc6nc[nH]c6c5)nn34)ccnc2c1. The van der Waals surface area contributed by atoms with Gasteiger partial charge in [-0.3, -0.25) is 4.98 Å². The van der Waals surface area contributed by atoms with Gasteiger partial charge in [-0.15, -0.1) is 10.2 Å². The lowest BCUT2D eigenvalue weighted by Crippen LogP contribution is -2.03. The Bertz CT molecular complexity index is 1550. The lowest BCUT2D eigenvalue weighted by atomic mass is 10.2. The number of hydrogen-bond acceptors (Lipinski definition) is 8. The van der Waals surface area contributed by atoms with Crippen LogP contribution in [0.15, 0.2) is 55.0 Å². The molecule has 6 aromatic rings. The number of pyridine rings is 1. The molecular formula is C21H15N7O2S. The number of fused-ring (bicyclic) bond motifs is 3. The van der Waals surface area contributed by atoms with Crippen LogP contribution in [0.5, 0.6) is 11.5 Å². The average Bonchev–Trinajstić information content (AvgIpc) is 3.52. The van der Waals surface area contributed by atoms with Crippen molar-refractivity contribution in [3.05, 3.63) is 60.8 Å². The van der Waals surface area contributed by atoms with Gasteiger partial charge in [0.1, 0.15) is 23.1 Å². The Morgan fingerprint density at radius 3 is 2.94 bits per heavy atom. The molecule has 0 amide bonds. The predicted octanol–water partition coefficient (Wildman–Crippen LogP) is 3.86. The van der Waals surface area contributed by atoms with Crippen molar-refractivity contribution in [2.45, 2.75) is 6.61 Å². The average molecular weight is 429 g/mol. The molecule has 0 spiro atoms. The number of nitrogens with one attached hydrogen (secondary N) is 1. The lowest BCUT2D eigenvalue weighted by Gasteiger charge is -2.08. The van der Waals surface area contributed by atoms with E-state index in [-0.39, 0.29) is 6.61 Å². The molecule has 0 aliphatic heterocycles. The van der Waals surface area contributed by atoms with Crippen molar-refractivity contribution < 1.29 is 9.47 Å². The van der Waals surface area contributed by atoms with Gasteiger partial charge in [0.2, 0.25) is 4.96 Å². The molecule has 0 saturated heterocycles. The zero-order valence-electron chi connectivity index (χ0n) is 16.3. The fourth-order valence-electron chi connectivity index (χ4n) is 3.43. The first-order valence-electron chi connectivity index (χ1n) is 9.49. The third-order valence-corrected chi connectivity index (χ3v) is 5.94. The standard InChI is InChI=1S/C21H15N7O2S/c1-29-13-3-4-14-16(9-13)22-7-6-18(14)30-10-19-25-26-21-28(19)27-20(31-21)12-2-5-15-17(8-12)24-11-23-15/h2-9,11H,10H2,1H3,(H,23,24). The van der Waals surface area contributed by atoms with E-state index in [1.807, 2.05) is 42.5 Å². The summed E-state index contributed by atoms with van der Waals surface area (Å²) in [5, 5.41) is 14.9. The Morgan fingerprint density at radius 1 is 1.03 bits per heavy atom. The Morgan fingerprint density at radius 2 is 2.00 bits per heavy atom. The molecule has 31 heavy (non-hydrogen) atoms. The van der Waals surface area contributed by atoms with Gasteiger partial charge < -0.3 is 14.5 Å².